The van der Waals surface area contributed by atoms with Gasteiger partial charge in [0.15, 0.2) is 25.2 Å². The number of ether oxygens (including phenoxy) is 4. The smallest absolute Gasteiger partial charge is 0.337 e. The molecule has 11 nitrogen and oxygen atoms in total. The van der Waals surface area contributed by atoms with Gasteiger partial charge in [-0.25, -0.2) is 9.36 Å². The number of allylic oxidation sites excluding steroid dienone is 1. The second-order valence-corrected chi connectivity index (χ2v) is 8.20. The van der Waals surface area contributed by atoms with E-state index in [0.29, 0.717) is 6.54 Å². The van der Waals surface area contributed by atoms with Gasteiger partial charge in [0.25, 0.3) is 0 Å². The highest BCUT2D eigenvalue weighted by Gasteiger charge is 2.47. The summed E-state index contributed by atoms with van der Waals surface area (Å²) in [5.41, 5.74) is 1.02. The molecule has 1 aromatic rings. The molecule has 0 aliphatic carbocycles. The number of hydrogen-bond acceptors (Lipinski definition) is 10. The minimum absolute atomic E-state index is 0. The molecule has 200 valence electrons. The molecular formula is C24H32ClNO10. The maximum Gasteiger partial charge on any atom is 0.337 e. The summed E-state index contributed by atoms with van der Waals surface area (Å²) in [5.74, 6) is -1.86. The molecule has 1 fully saturated rings. The Hall–Kier alpha value is -2.35. The Balaban J connectivity index is 0.00000456. The summed E-state index contributed by atoms with van der Waals surface area (Å²) in [6, 6.07) is 3.68. The number of aromatic nitrogens is 1. The van der Waals surface area contributed by atoms with Gasteiger partial charge in [-0.15, -0.1) is 6.58 Å². The lowest BCUT2D eigenvalue weighted by Gasteiger charge is -2.42. The topological polar surface area (TPSA) is 159 Å². The van der Waals surface area contributed by atoms with Crippen molar-refractivity contribution in [2.75, 3.05) is 20.3 Å². The lowest BCUT2D eigenvalue weighted by atomic mass is 9.83. The van der Waals surface area contributed by atoms with Gasteiger partial charge in [0.2, 0.25) is 6.29 Å². The van der Waals surface area contributed by atoms with Crippen LogP contribution in [0.1, 0.15) is 5.56 Å². The predicted octanol–water partition coefficient (Wildman–Crippen LogP) is -4.37. The molecular weight excluding hydrogens is 498 g/mol. The molecule has 0 radical (unpaired) electrons. The molecule has 3 heterocycles. The molecule has 8 atom stereocenters. The molecule has 1 aromatic heterocycles. The minimum Gasteiger partial charge on any atom is -1.00 e. The summed E-state index contributed by atoms with van der Waals surface area (Å²) in [6.45, 7) is 3.64. The first kappa shape index (κ1) is 29.9. The Bertz CT molecular complexity index is 939. The lowest BCUT2D eigenvalue weighted by Crippen LogP contribution is -3.00. The van der Waals surface area contributed by atoms with E-state index in [1.165, 1.54) is 19.4 Å². The Morgan fingerprint density at radius 3 is 2.58 bits per heavy atom. The summed E-state index contributed by atoms with van der Waals surface area (Å²) in [7, 11) is 1.25. The van der Waals surface area contributed by atoms with E-state index in [-0.39, 0.29) is 24.6 Å². The van der Waals surface area contributed by atoms with Gasteiger partial charge < -0.3 is 56.9 Å². The van der Waals surface area contributed by atoms with E-state index in [1.807, 2.05) is 29.1 Å². The standard InChI is InChI=1S/C24H32NO10.ClH/c1-3-15-16(7-6-14-5-4-8-25(11-14)9-10-26)17(22(31)32-2)13-33-23(15)35-24-21(30)20(29)19(28)18(12-27)34-24;/h3-8,11,13,15-16,18-21,23-24,26-30H,1,9-10,12H2,2H3;1H/q+1;/p-1/b7-6+;/t15-,16+,18-,19-,20+,21-,23+,24+;/m1./s1. The van der Waals surface area contributed by atoms with Gasteiger partial charge >= 0.3 is 5.97 Å². The van der Waals surface area contributed by atoms with Crippen LogP contribution >= 0.6 is 0 Å². The van der Waals surface area contributed by atoms with E-state index in [1.54, 1.807) is 12.2 Å². The molecule has 0 aromatic carbocycles. The van der Waals surface area contributed by atoms with Crippen molar-refractivity contribution in [3.05, 3.63) is 60.7 Å². The quantitative estimate of drug-likeness (QED) is 0.120. The summed E-state index contributed by atoms with van der Waals surface area (Å²) in [6.07, 6.45) is 1.50. The van der Waals surface area contributed by atoms with Gasteiger partial charge in [-0.05, 0) is 6.07 Å². The Labute approximate surface area is 214 Å². The molecule has 0 amide bonds. The van der Waals surface area contributed by atoms with Crippen molar-refractivity contribution >= 4 is 12.0 Å². The number of methoxy groups -OCH3 is 1. The third kappa shape index (κ3) is 6.69. The molecule has 12 heteroatoms. The fourth-order valence-electron chi connectivity index (χ4n) is 4.02. The first-order chi connectivity index (χ1) is 16.8. The minimum atomic E-state index is -1.62. The Morgan fingerprint density at radius 1 is 1.19 bits per heavy atom. The average Bonchev–Trinajstić information content (AvgIpc) is 2.87. The van der Waals surface area contributed by atoms with Crippen molar-refractivity contribution < 1.29 is 66.2 Å². The fourth-order valence-corrected chi connectivity index (χ4v) is 4.02. The maximum absolute atomic E-state index is 12.4. The van der Waals surface area contributed by atoms with Crippen LogP contribution in [0.15, 0.2) is 55.1 Å². The summed E-state index contributed by atoms with van der Waals surface area (Å²) in [5, 5.41) is 49.0. The normalized spacial score (nSPS) is 32.2. The Kier molecular flexibility index (Phi) is 11.5. The third-order valence-corrected chi connectivity index (χ3v) is 5.96. The molecule has 3 rings (SSSR count). The maximum atomic E-state index is 12.4. The summed E-state index contributed by atoms with van der Waals surface area (Å²) < 4.78 is 23.5. The molecule has 2 aliphatic heterocycles. The van der Waals surface area contributed by atoms with Gasteiger partial charge in [-0.2, -0.15) is 0 Å². The van der Waals surface area contributed by atoms with Crippen molar-refractivity contribution in [2.45, 2.75) is 43.5 Å². The van der Waals surface area contributed by atoms with Crippen molar-refractivity contribution in [3.63, 3.8) is 0 Å². The van der Waals surface area contributed by atoms with E-state index in [0.717, 1.165) is 5.56 Å². The highest BCUT2D eigenvalue weighted by molar-refractivity contribution is 5.89. The van der Waals surface area contributed by atoms with Crippen LogP contribution in [0.25, 0.3) is 6.08 Å². The molecule has 36 heavy (non-hydrogen) atoms. The number of hydrogen-bond donors (Lipinski definition) is 5. The van der Waals surface area contributed by atoms with Crippen molar-refractivity contribution in [1.82, 2.24) is 0 Å². The first-order valence-corrected chi connectivity index (χ1v) is 11.1. The van der Waals surface area contributed by atoms with Crippen LogP contribution < -0.4 is 17.0 Å². The van der Waals surface area contributed by atoms with Crippen molar-refractivity contribution in [1.29, 1.82) is 0 Å². The number of esters is 1. The SMILES string of the molecule is C=C[C@H]1[C@H](O[C@@H]2O[C@H](CO)[C@@H](O)[C@H](O)[C@H]2O)OC=C(C(=O)OC)[C@H]1/C=C/c1ccc[n+](CCO)c1.[Cl-]. The highest BCUT2D eigenvalue weighted by Crippen LogP contribution is 2.36. The highest BCUT2D eigenvalue weighted by atomic mass is 35.5. The van der Waals surface area contributed by atoms with Crippen LogP contribution in [0.2, 0.25) is 0 Å². The van der Waals surface area contributed by atoms with Gasteiger partial charge in [0.05, 0.1) is 31.5 Å². The number of halogens is 1. The number of carbonyl (C=O) groups excluding carboxylic acids is 1. The number of rotatable bonds is 9. The van der Waals surface area contributed by atoms with E-state index in [9.17, 15) is 30.3 Å². The van der Waals surface area contributed by atoms with Crippen molar-refractivity contribution in [3.8, 4) is 0 Å². The number of aliphatic hydroxyl groups is 5. The second-order valence-electron chi connectivity index (χ2n) is 8.20. The molecule has 5 N–H and O–H groups in total. The van der Waals surface area contributed by atoms with Crippen LogP contribution in [0.3, 0.4) is 0 Å². The number of pyridine rings is 1. The summed E-state index contributed by atoms with van der Waals surface area (Å²) in [4.78, 5) is 12.4. The van der Waals surface area contributed by atoms with Gasteiger partial charge in [-0.3, -0.25) is 0 Å². The largest absolute Gasteiger partial charge is 1.00 e. The van der Waals surface area contributed by atoms with Crippen molar-refractivity contribution in [2.24, 2.45) is 11.8 Å². The number of aliphatic hydroxyl groups excluding tert-OH is 5. The molecule has 1 saturated heterocycles. The number of nitrogens with zero attached hydrogens (tertiary/aromatic N) is 1. The summed E-state index contributed by atoms with van der Waals surface area (Å²) >= 11 is 0. The predicted molar refractivity (Wildman–Crippen MR) is 120 cm³/mol. The molecule has 0 unspecified atom stereocenters. The van der Waals surface area contributed by atoms with E-state index in [2.05, 4.69) is 6.58 Å². The zero-order valence-electron chi connectivity index (χ0n) is 19.7. The molecule has 0 saturated carbocycles. The zero-order chi connectivity index (χ0) is 25.5. The average molecular weight is 530 g/mol. The Morgan fingerprint density at radius 2 is 1.94 bits per heavy atom. The van der Waals surface area contributed by atoms with E-state index < -0.39 is 61.4 Å². The van der Waals surface area contributed by atoms with Crippen LogP contribution in [0.4, 0.5) is 0 Å². The lowest BCUT2D eigenvalue weighted by molar-refractivity contribution is -0.698. The third-order valence-electron chi connectivity index (χ3n) is 5.96. The van der Waals surface area contributed by atoms with Gasteiger partial charge in [0.1, 0.15) is 31.0 Å². The van der Waals surface area contributed by atoms with Gasteiger partial charge in [-0.1, -0.05) is 18.2 Å². The van der Waals surface area contributed by atoms with Crippen LogP contribution in [0.5, 0.6) is 0 Å². The monoisotopic (exact) mass is 529 g/mol. The van der Waals surface area contributed by atoms with E-state index >= 15 is 0 Å². The fraction of sp³-hybridized carbons (Fsp3) is 0.500. The van der Waals surface area contributed by atoms with Gasteiger partial charge in [0, 0.05) is 17.5 Å². The molecule has 0 bridgehead atoms. The van der Waals surface area contributed by atoms with E-state index in [4.69, 9.17) is 18.9 Å². The first-order valence-electron chi connectivity index (χ1n) is 11.1. The zero-order valence-corrected chi connectivity index (χ0v) is 20.4. The van der Waals surface area contributed by atoms with Crippen LogP contribution in [-0.2, 0) is 30.3 Å². The number of carbonyl (C=O) groups is 1. The molecule has 2 aliphatic rings. The van der Waals surface area contributed by atoms with Crippen LogP contribution in [-0.4, -0.2) is 88.8 Å². The molecule has 0 spiro atoms. The van der Waals surface area contributed by atoms with Crippen LogP contribution in [0, 0.1) is 11.8 Å². The second kappa shape index (κ2) is 13.8.